The summed E-state index contributed by atoms with van der Waals surface area (Å²) in [6.45, 7) is 1.74. The first-order valence-electron chi connectivity index (χ1n) is 5.20. The lowest BCUT2D eigenvalue weighted by Crippen LogP contribution is -2.23. The van der Waals surface area contributed by atoms with Gasteiger partial charge < -0.3 is 5.32 Å². The van der Waals surface area contributed by atoms with Crippen molar-refractivity contribution in [3.63, 3.8) is 0 Å². The maximum atomic E-state index is 12.0. The van der Waals surface area contributed by atoms with Crippen LogP contribution in [0, 0.1) is 0 Å². The number of aromatic amines is 1. The molecule has 0 radical (unpaired) electrons. The minimum atomic E-state index is -0.374. The van der Waals surface area contributed by atoms with Gasteiger partial charge in [-0.15, -0.1) is 0 Å². The highest BCUT2D eigenvalue weighted by Gasteiger charge is 2.17. The maximum absolute atomic E-state index is 12.0. The zero-order chi connectivity index (χ0) is 13.8. The van der Waals surface area contributed by atoms with E-state index in [1.54, 1.807) is 6.92 Å². The van der Waals surface area contributed by atoms with Crippen LogP contribution in [-0.2, 0) is 4.79 Å². The molecule has 0 unspecified atom stereocenters. The van der Waals surface area contributed by atoms with Crippen LogP contribution in [0.4, 0.5) is 5.82 Å². The molecule has 2 aromatic heterocycles. The molecule has 6 nitrogen and oxygen atoms in total. The molecule has 0 aromatic carbocycles. The minimum absolute atomic E-state index is 0.238. The Balaban J connectivity index is 2.00. The van der Waals surface area contributed by atoms with Crippen LogP contribution in [0.15, 0.2) is 23.7 Å². The Labute approximate surface area is 123 Å². The predicted octanol–water partition coefficient (Wildman–Crippen LogP) is 2.63. The summed E-state index contributed by atoms with van der Waals surface area (Å²) in [6.07, 6.45) is 2.79. The molecule has 0 saturated carbocycles. The van der Waals surface area contributed by atoms with Crippen molar-refractivity contribution in [2.45, 2.75) is 17.3 Å². The van der Waals surface area contributed by atoms with E-state index in [1.165, 1.54) is 30.4 Å². The van der Waals surface area contributed by atoms with E-state index >= 15 is 0 Å². The molecule has 100 valence electrons. The molecular formula is C10H9Cl2N5OS. The topological polar surface area (TPSA) is 83.6 Å². The average molecular weight is 318 g/mol. The van der Waals surface area contributed by atoms with E-state index in [1.807, 2.05) is 0 Å². The molecule has 0 saturated heterocycles. The fraction of sp³-hybridized carbons (Fsp3) is 0.200. The van der Waals surface area contributed by atoms with Gasteiger partial charge in [0, 0.05) is 6.20 Å². The Hall–Kier alpha value is -1.31. The number of thioether (sulfide) groups is 1. The van der Waals surface area contributed by atoms with Crippen molar-refractivity contribution < 1.29 is 4.79 Å². The van der Waals surface area contributed by atoms with Gasteiger partial charge in [-0.1, -0.05) is 35.0 Å². The Kier molecular flexibility index (Phi) is 4.62. The van der Waals surface area contributed by atoms with Crippen LogP contribution in [0.25, 0.3) is 0 Å². The third kappa shape index (κ3) is 3.82. The lowest BCUT2D eigenvalue weighted by molar-refractivity contribution is -0.115. The quantitative estimate of drug-likeness (QED) is 0.847. The van der Waals surface area contributed by atoms with Crippen LogP contribution in [0.1, 0.15) is 6.92 Å². The van der Waals surface area contributed by atoms with Crippen molar-refractivity contribution in [1.82, 2.24) is 20.2 Å². The second-order valence-electron chi connectivity index (χ2n) is 3.52. The van der Waals surface area contributed by atoms with Crippen LogP contribution in [0.2, 0.25) is 10.0 Å². The number of anilines is 1. The second-order valence-corrected chi connectivity index (χ2v) is 5.70. The standard InChI is InChI=1S/C10H9Cl2N5OS/c1-5(19-10-14-4-15-17-10)9(18)16-8-7(12)2-6(11)3-13-8/h2-5H,1H3,(H,13,16,18)(H,14,15,17)/t5-/m0/s1. The first-order chi connectivity index (χ1) is 9.06. The monoisotopic (exact) mass is 317 g/mol. The number of hydrogen-bond donors (Lipinski definition) is 2. The van der Waals surface area contributed by atoms with Crippen LogP contribution in [0.3, 0.4) is 0 Å². The highest BCUT2D eigenvalue weighted by Crippen LogP contribution is 2.24. The highest BCUT2D eigenvalue weighted by molar-refractivity contribution is 8.00. The van der Waals surface area contributed by atoms with Gasteiger partial charge in [0.15, 0.2) is 11.0 Å². The van der Waals surface area contributed by atoms with Gasteiger partial charge in [0.05, 0.1) is 15.3 Å². The number of pyridine rings is 1. The van der Waals surface area contributed by atoms with Gasteiger partial charge in [0.1, 0.15) is 6.33 Å². The fourth-order valence-electron chi connectivity index (χ4n) is 1.20. The lowest BCUT2D eigenvalue weighted by Gasteiger charge is -2.10. The van der Waals surface area contributed by atoms with E-state index in [-0.39, 0.29) is 22.0 Å². The van der Waals surface area contributed by atoms with E-state index in [9.17, 15) is 4.79 Å². The maximum Gasteiger partial charge on any atom is 0.238 e. The number of amides is 1. The second kappa shape index (κ2) is 6.23. The number of aromatic nitrogens is 4. The number of H-pyrrole nitrogens is 1. The Morgan fingerprint density at radius 1 is 1.47 bits per heavy atom. The number of hydrogen-bond acceptors (Lipinski definition) is 5. The van der Waals surface area contributed by atoms with Crippen LogP contribution in [0.5, 0.6) is 0 Å². The summed E-state index contributed by atoms with van der Waals surface area (Å²) in [5, 5.41) is 9.89. The number of carbonyl (C=O) groups excluding carboxylic acids is 1. The van der Waals surface area contributed by atoms with E-state index in [0.29, 0.717) is 10.2 Å². The molecular weight excluding hydrogens is 309 g/mol. The third-order valence-electron chi connectivity index (χ3n) is 2.10. The summed E-state index contributed by atoms with van der Waals surface area (Å²) in [5.41, 5.74) is 0. The van der Waals surface area contributed by atoms with E-state index < -0.39 is 0 Å². The Bertz CT molecular complexity index is 577. The molecule has 9 heteroatoms. The van der Waals surface area contributed by atoms with Crippen LogP contribution < -0.4 is 5.32 Å². The molecule has 1 atom stereocenters. The van der Waals surface area contributed by atoms with Gasteiger partial charge >= 0.3 is 0 Å². The lowest BCUT2D eigenvalue weighted by atomic mass is 10.4. The van der Waals surface area contributed by atoms with Gasteiger partial charge in [0.2, 0.25) is 5.91 Å². The van der Waals surface area contributed by atoms with Gasteiger partial charge in [-0.2, -0.15) is 5.10 Å². The number of carbonyl (C=O) groups is 1. The predicted molar refractivity (Wildman–Crippen MR) is 74.6 cm³/mol. The summed E-state index contributed by atoms with van der Waals surface area (Å²) >= 11 is 12.9. The fourth-order valence-corrected chi connectivity index (χ4v) is 2.34. The summed E-state index contributed by atoms with van der Waals surface area (Å²) in [7, 11) is 0. The number of halogens is 2. The van der Waals surface area contributed by atoms with Gasteiger partial charge in [-0.3, -0.25) is 9.89 Å². The summed E-state index contributed by atoms with van der Waals surface area (Å²) in [4.78, 5) is 19.8. The SMILES string of the molecule is C[C@H](Sc1ncn[nH]1)C(=O)Nc1ncc(Cl)cc1Cl. The summed E-state index contributed by atoms with van der Waals surface area (Å²) in [5.74, 6) is 0.0409. The highest BCUT2D eigenvalue weighted by atomic mass is 35.5. The zero-order valence-corrected chi connectivity index (χ0v) is 12.1. The summed E-state index contributed by atoms with van der Waals surface area (Å²) < 4.78 is 0. The van der Waals surface area contributed by atoms with Crippen molar-refractivity contribution in [3.8, 4) is 0 Å². The van der Waals surface area contributed by atoms with Crippen molar-refractivity contribution in [1.29, 1.82) is 0 Å². The molecule has 0 aliphatic rings. The largest absolute Gasteiger partial charge is 0.308 e. The molecule has 2 N–H and O–H groups in total. The molecule has 2 aromatic rings. The molecule has 19 heavy (non-hydrogen) atoms. The summed E-state index contributed by atoms with van der Waals surface area (Å²) in [6, 6.07) is 1.51. The van der Waals surface area contributed by atoms with Crippen LogP contribution >= 0.6 is 35.0 Å². The van der Waals surface area contributed by atoms with Crippen molar-refractivity contribution in [3.05, 3.63) is 28.6 Å². The third-order valence-corrected chi connectivity index (χ3v) is 3.58. The minimum Gasteiger partial charge on any atom is -0.308 e. The molecule has 0 spiro atoms. The molecule has 0 fully saturated rings. The van der Waals surface area contributed by atoms with E-state index in [4.69, 9.17) is 23.2 Å². The number of rotatable bonds is 4. The average Bonchev–Trinajstić information content (AvgIpc) is 2.85. The molecule has 2 rings (SSSR count). The van der Waals surface area contributed by atoms with Crippen LogP contribution in [-0.4, -0.2) is 31.3 Å². The van der Waals surface area contributed by atoms with E-state index in [2.05, 4.69) is 25.5 Å². The Morgan fingerprint density at radius 2 is 2.26 bits per heavy atom. The molecule has 1 amide bonds. The first kappa shape index (κ1) is 14.1. The first-order valence-corrected chi connectivity index (χ1v) is 6.83. The normalized spacial score (nSPS) is 12.2. The molecule has 0 bridgehead atoms. The van der Waals surface area contributed by atoms with Crippen molar-refractivity contribution in [2.24, 2.45) is 0 Å². The van der Waals surface area contributed by atoms with Crippen molar-refractivity contribution in [2.75, 3.05) is 5.32 Å². The van der Waals surface area contributed by atoms with Gasteiger partial charge in [-0.05, 0) is 13.0 Å². The Morgan fingerprint density at radius 3 is 2.89 bits per heavy atom. The van der Waals surface area contributed by atoms with Gasteiger partial charge in [0.25, 0.3) is 0 Å². The molecule has 0 aliphatic carbocycles. The molecule has 2 heterocycles. The van der Waals surface area contributed by atoms with Gasteiger partial charge in [-0.25, -0.2) is 9.97 Å². The number of nitrogens with one attached hydrogen (secondary N) is 2. The zero-order valence-electron chi connectivity index (χ0n) is 9.72. The van der Waals surface area contributed by atoms with E-state index in [0.717, 1.165) is 0 Å². The molecule has 0 aliphatic heterocycles. The van der Waals surface area contributed by atoms with Crippen molar-refractivity contribution >= 4 is 46.7 Å². The number of nitrogens with zero attached hydrogens (tertiary/aromatic N) is 3. The smallest absolute Gasteiger partial charge is 0.238 e.